The second kappa shape index (κ2) is 4.55. The minimum atomic E-state index is -0.504. The van der Waals surface area contributed by atoms with Crippen molar-refractivity contribution in [2.24, 2.45) is 5.41 Å². The zero-order valence-corrected chi connectivity index (χ0v) is 11.1. The van der Waals surface area contributed by atoms with Crippen molar-refractivity contribution in [2.45, 2.75) is 32.4 Å². The van der Waals surface area contributed by atoms with Crippen molar-refractivity contribution < 1.29 is 4.79 Å². The average molecular weight is 242 g/mol. The van der Waals surface area contributed by atoms with E-state index in [4.69, 9.17) is 0 Å². The Morgan fingerprint density at radius 3 is 2.56 bits per heavy atom. The van der Waals surface area contributed by atoms with E-state index in [1.165, 1.54) is 5.56 Å². The minimum Gasteiger partial charge on any atom is -0.302 e. The fourth-order valence-electron chi connectivity index (χ4n) is 2.93. The molecule has 1 heterocycles. The predicted octanol–water partition coefficient (Wildman–Crippen LogP) is 2.47. The Morgan fingerprint density at radius 1 is 1.44 bits per heavy atom. The molecule has 1 aromatic rings. The molecule has 0 aromatic heterocycles. The molecule has 1 saturated heterocycles. The van der Waals surface area contributed by atoms with E-state index in [1.54, 1.807) is 0 Å². The minimum absolute atomic E-state index is 0.0155. The van der Waals surface area contributed by atoms with Gasteiger partial charge in [0.15, 0.2) is 0 Å². The van der Waals surface area contributed by atoms with Gasteiger partial charge in [0.25, 0.3) is 0 Å². The highest BCUT2D eigenvalue weighted by molar-refractivity contribution is 5.59. The molecule has 0 saturated carbocycles. The number of likely N-dealkylation sites (N-methyl/N-ethyl adjacent to an activating group) is 1. The molecule has 0 bridgehead atoms. The van der Waals surface area contributed by atoms with Crippen LogP contribution in [-0.2, 0) is 4.79 Å². The summed E-state index contributed by atoms with van der Waals surface area (Å²) < 4.78 is 0. The van der Waals surface area contributed by atoms with E-state index in [0.717, 1.165) is 11.8 Å². The molecule has 1 fully saturated rings. The number of hydrogen-bond donors (Lipinski definition) is 0. The number of benzene rings is 1. The third-order valence-electron chi connectivity index (χ3n) is 3.97. The van der Waals surface area contributed by atoms with Crippen LogP contribution >= 0.6 is 0 Å². The van der Waals surface area contributed by atoms with Crippen LogP contribution in [0.1, 0.15) is 30.5 Å². The number of aryl methyl sites for hydroxylation is 1. The van der Waals surface area contributed by atoms with Gasteiger partial charge in [-0.15, -0.1) is 0 Å². The maximum absolute atomic E-state index is 11.1. The Hall–Kier alpha value is -1.66. The topological polar surface area (TPSA) is 44.1 Å². The van der Waals surface area contributed by atoms with Crippen LogP contribution in [0.5, 0.6) is 0 Å². The highest BCUT2D eigenvalue weighted by Gasteiger charge is 2.48. The molecule has 0 spiro atoms. The van der Waals surface area contributed by atoms with Crippen LogP contribution in [0, 0.1) is 23.7 Å². The molecule has 3 nitrogen and oxygen atoms in total. The van der Waals surface area contributed by atoms with Gasteiger partial charge >= 0.3 is 0 Å². The van der Waals surface area contributed by atoms with Gasteiger partial charge in [-0.05, 0) is 32.9 Å². The van der Waals surface area contributed by atoms with Crippen molar-refractivity contribution in [3.8, 4) is 6.07 Å². The van der Waals surface area contributed by atoms with Gasteiger partial charge in [0.1, 0.15) is 6.29 Å². The van der Waals surface area contributed by atoms with Crippen molar-refractivity contribution in [3.05, 3.63) is 35.4 Å². The van der Waals surface area contributed by atoms with Crippen molar-refractivity contribution in [1.29, 1.82) is 5.26 Å². The van der Waals surface area contributed by atoms with Gasteiger partial charge in [0.2, 0.25) is 0 Å². The third-order valence-corrected chi connectivity index (χ3v) is 3.97. The molecule has 0 amide bonds. The van der Waals surface area contributed by atoms with E-state index < -0.39 is 5.41 Å². The SMILES string of the molecule is Cc1ccc(C2N(C)C(C=O)C[C@]2(C)C#N)cc1. The van der Waals surface area contributed by atoms with Gasteiger partial charge in [-0.2, -0.15) is 5.26 Å². The lowest BCUT2D eigenvalue weighted by Gasteiger charge is -2.29. The molecule has 0 radical (unpaired) electrons. The van der Waals surface area contributed by atoms with Crippen LogP contribution in [0.2, 0.25) is 0 Å². The van der Waals surface area contributed by atoms with Crippen molar-refractivity contribution >= 4 is 6.29 Å². The van der Waals surface area contributed by atoms with Crippen LogP contribution < -0.4 is 0 Å². The largest absolute Gasteiger partial charge is 0.302 e. The molecular formula is C15H18N2O. The molecule has 94 valence electrons. The maximum atomic E-state index is 11.1. The summed E-state index contributed by atoms with van der Waals surface area (Å²) in [6, 6.07) is 10.4. The van der Waals surface area contributed by atoms with E-state index in [-0.39, 0.29) is 12.1 Å². The first-order chi connectivity index (χ1) is 8.51. The highest BCUT2D eigenvalue weighted by Crippen LogP contribution is 2.48. The standard InChI is InChI=1S/C15H18N2O/c1-11-4-6-12(7-5-11)14-15(2,10-16)8-13(9-18)17(14)3/h4-7,9,13-14H,8H2,1-3H3/t13?,14?,15-/m1/s1. The summed E-state index contributed by atoms with van der Waals surface area (Å²) in [6.45, 7) is 3.98. The number of carbonyl (C=O) groups excluding carboxylic acids is 1. The fourth-order valence-corrected chi connectivity index (χ4v) is 2.93. The summed E-state index contributed by atoms with van der Waals surface area (Å²) in [5.74, 6) is 0. The number of aldehydes is 1. The first-order valence-corrected chi connectivity index (χ1v) is 6.17. The Labute approximate surface area is 108 Å². The molecule has 18 heavy (non-hydrogen) atoms. The first kappa shape index (κ1) is 12.8. The second-order valence-corrected chi connectivity index (χ2v) is 5.42. The first-order valence-electron chi connectivity index (χ1n) is 6.17. The van der Waals surface area contributed by atoms with Crippen LogP contribution in [-0.4, -0.2) is 24.3 Å². The van der Waals surface area contributed by atoms with Crippen molar-refractivity contribution in [2.75, 3.05) is 7.05 Å². The number of likely N-dealkylation sites (tertiary alicyclic amines) is 1. The fraction of sp³-hybridized carbons (Fsp3) is 0.467. The van der Waals surface area contributed by atoms with Gasteiger partial charge in [0.05, 0.1) is 23.6 Å². The summed E-state index contributed by atoms with van der Waals surface area (Å²) in [4.78, 5) is 13.1. The summed E-state index contributed by atoms with van der Waals surface area (Å²) in [5, 5.41) is 9.45. The number of carbonyl (C=O) groups is 1. The zero-order chi connectivity index (χ0) is 13.3. The molecule has 1 aromatic carbocycles. The van der Waals surface area contributed by atoms with Gasteiger partial charge < -0.3 is 4.79 Å². The lowest BCUT2D eigenvalue weighted by atomic mass is 9.79. The van der Waals surface area contributed by atoms with Gasteiger partial charge in [-0.3, -0.25) is 4.90 Å². The van der Waals surface area contributed by atoms with E-state index in [0.29, 0.717) is 6.42 Å². The highest BCUT2D eigenvalue weighted by atomic mass is 16.1. The molecule has 2 rings (SSSR count). The van der Waals surface area contributed by atoms with Crippen LogP contribution in [0.3, 0.4) is 0 Å². The molecule has 3 atom stereocenters. The molecule has 3 heteroatoms. The summed E-state index contributed by atoms with van der Waals surface area (Å²) in [5.41, 5.74) is 1.80. The molecule has 1 aliphatic rings. The number of nitriles is 1. The summed E-state index contributed by atoms with van der Waals surface area (Å²) >= 11 is 0. The molecular weight excluding hydrogens is 224 g/mol. The second-order valence-electron chi connectivity index (χ2n) is 5.42. The quantitative estimate of drug-likeness (QED) is 0.748. The Balaban J connectivity index is 2.43. The van der Waals surface area contributed by atoms with E-state index in [9.17, 15) is 10.1 Å². The lowest BCUT2D eigenvalue weighted by molar-refractivity contribution is -0.111. The van der Waals surface area contributed by atoms with Crippen LogP contribution in [0.15, 0.2) is 24.3 Å². The molecule has 0 aliphatic carbocycles. The van der Waals surface area contributed by atoms with Crippen molar-refractivity contribution in [1.82, 2.24) is 4.90 Å². The predicted molar refractivity (Wildman–Crippen MR) is 69.9 cm³/mol. The average Bonchev–Trinajstić information content (AvgIpc) is 2.63. The third kappa shape index (κ3) is 1.93. The van der Waals surface area contributed by atoms with E-state index in [2.05, 4.69) is 30.3 Å². The Kier molecular flexibility index (Phi) is 3.23. The molecule has 0 N–H and O–H groups in total. The Bertz CT molecular complexity index is 488. The molecule has 1 aliphatic heterocycles. The lowest BCUT2D eigenvalue weighted by Crippen LogP contribution is -2.30. The van der Waals surface area contributed by atoms with Crippen LogP contribution in [0.25, 0.3) is 0 Å². The Morgan fingerprint density at radius 2 is 2.06 bits per heavy atom. The monoisotopic (exact) mass is 242 g/mol. The smallest absolute Gasteiger partial charge is 0.137 e. The normalized spacial score (nSPS) is 32.1. The van der Waals surface area contributed by atoms with Crippen LogP contribution in [0.4, 0.5) is 0 Å². The number of nitrogens with zero attached hydrogens (tertiary/aromatic N) is 2. The van der Waals surface area contributed by atoms with Gasteiger partial charge in [0, 0.05) is 0 Å². The van der Waals surface area contributed by atoms with E-state index >= 15 is 0 Å². The maximum Gasteiger partial charge on any atom is 0.137 e. The summed E-state index contributed by atoms with van der Waals surface area (Å²) in [7, 11) is 1.92. The number of rotatable bonds is 2. The van der Waals surface area contributed by atoms with Gasteiger partial charge in [-0.25, -0.2) is 0 Å². The number of hydrogen-bond acceptors (Lipinski definition) is 3. The zero-order valence-electron chi connectivity index (χ0n) is 11.1. The summed E-state index contributed by atoms with van der Waals surface area (Å²) in [6.07, 6.45) is 1.55. The molecule has 2 unspecified atom stereocenters. The van der Waals surface area contributed by atoms with Crippen molar-refractivity contribution in [3.63, 3.8) is 0 Å². The van der Waals surface area contributed by atoms with E-state index in [1.807, 2.05) is 25.8 Å². The van der Waals surface area contributed by atoms with Gasteiger partial charge in [-0.1, -0.05) is 29.8 Å².